The van der Waals surface area contributed by atoms with Gasteiger partial charge in [-0.15, -0.1) is 11.8 Å². The van der Waals surface area contributed by atoms with Gasteiger partial charge in [0.05, 0.1) is 15.9 Å². The number of hydrogen-bond donors (Lipinski definition) is 3. The lowest BCUT2D eigenvalue weighted by atomic mass is 10.1. The average molecular weight is 601 g/mol. The fourth-order valence-electron chi connectivity index (χ4n) is 3.87. The number of nitro groups is 1. The Morgan fingerprint density at radius 1 is 1.00 bits per heavy atom. The van der Waals surface area contributed by atoms with Crippen LogP contribution < -0.4 is 16.0 Å². The zero-order chi connectivity index (χ0) is 30.1. The van der Waals surface area contributed by atoms with E-state index >= 15 is 0 Å². The molecule has 3 aromatic carbocycles. The molecule has 0 saturated carbocycles. The summed E-state index contributed by atoms with van der Waals surface area (Å²) in [6, 6.07) is 21.9. The Bertz CT molecular complexity index is 1620. The Morgan fingerprint density at radius 2 is 1.79 bits per heavy atom. The number of nitrogens with zero attached hydrogens (tertiary/aromatic N) is 1. The summed E-state index contributed by atoms with van der Waals surface area (Å²) in [5.41, 5.74) is 2.76. The summed E-state index contributed by atoms with van der Waals surface area (Å²) < 4.78 is 0. The average Bonchev–Trinajstić information content (AvgIpc) is 3.50. The number of anilines is 2. The van der Waals surface area contributed by atoms with Gasteiger partial charge in [-0.05, 0) is 77.7 Å². The minimum Gasteiger partial charge on any atom is -0.325 e. The molecule has 11 heteroatoms. The number of hydrogen-bond acceptors (Lipinski definition) is 7. The van der Waals surface area contributed by atoms with Crippen LogP contribution in [-0.4, -0.2) is 27.9 Å². The van der Waals surface area contributed by atoms with E-state index in [1.807, 2.05) is 29.8 Å². The van der Waals surface area contributed by atoms with E-state index in [4.69, 9.17) is 0 Å². The van der Waals surface area contributed by atoms with Crippen LogP contribution in [0.25, 0.3) is 6.08 Å². The summed E-state index contributed by atoms with van der Waals surface area (Å²) in [6.07, 6.45) is 2.11. The van der Waals surface area contributed by atoms with E-state index in [1.54, 1.807) is 67.6 Å². The highest BCUT2D eigenvalue weighted by Crippen LogP contribution is 2.30. The first-order valence-corrected chi connectivity index (χ1v) is 14.8. The third-order valence-corrected chi connectivity index (χ3v) is 8.17. The molecule has 42 heavy (non-hydrogen) atoms. The summed E-state index contributed by atoms with van der Waals surface area (Å²) in [5, 5.41) is 22.8. The second-order valence-electron chi connectivity index (χ2n) is 9.18. The van der Waals surface area contributed by atoms with Crippen LogP contribution in [0.15, 0.2) is 100 Å². The second-order valence-corrected chi connectivity index (χ2v) is 11.2. The molecular formula is C31H28N4O5S2. The van der Waals surface area contributed by atoms with Crippen molar-refractivity contribution in [2.45, 2.75) is 30.4 Å². The molecule has 0 aliphatic rings. The molecule has 1 heterocycles. The van der Waals surface area contributed by atoms with Crippen LogP contribution >= 0.6 is 23.1 Å². The van der Waals surface area contributed by atoms with Crippen molar-refractivity contribution in [2.24, 2.45) is 0 Å². The van der Waals surface area contributed by atoms with Crippen molar-refractivity contribution >= 4 is 64.0 Å². The third-order valence-electron chi connectivity index (χ3n) is 6.11. The first-order chi connectivity index (χ1) is 20.2. The molecule has 1 unspecified atom stereocenters. The zero-order valence-electron chi connectivity index (χ0n) is 22.8. The molecule has 1 aromatic heterocycles. The number of thioether (sulfide) groups is 1. The van der Waals surface area contributed by atoms with Crippen LogP contribution in [-0.2, 0) is 9.59 Å². The van der Waals surface area contributed by atoms with E-state index in [1.165, 1.54) is 35.2 Å². The van der Waals surface area contributed by atoms with E-state index in [0.717, 1.165) is 10.5 Å². The standard InChI is InChI=1S/C31H28N4O5S2/c1-3-28(31(38)33-26-18-24(35(39)40)13-12-20(26)2)42-25-11-7-10-23(17-25)32-30(37)27(16-21-14-15-41-19-21)34-29(36)22-8-5-4-6-9-22/h4-19,28H,3H2,1-2H3,(H,32,37)(H,33,38)(H,34,36)/b27-16-. The van der Waals surface area contributed by atoms with Gasteiger partial charge in [-0.3, -0.25) is 24.5 Å². The molecule has 0 saturated heterocycles. The molecule has 0 aliphatic heterocycles. The summed E-state index contributed by atoms with van der Waals surface area (Å²) in [5.74, 6) is -1.20. The molecular weight excluding hydrogens is 572 g/mol. The Morgan fingerprint density at radius 3 is 2.48 bits per heavy atom. The molecule has 0 spiro atoms. The number of benzene rings is 3. The molecule has 0 aliphatic carbocycles. The highest BCUT2D eigenvalue weighted by Gasteiger charge is 2.21. The normalized spacial score (nSPS) is 11.8. The van der Waals surface area contributed by atoms with E-state index in [-0.39, 0.29) is 17.3 Å². The van der Waals surface area contributed by atoms with Gasteiger partial charge in [0.15, 0.2) is 0 Å². The van der Waals surface area contributed by atoms with Gasteiger partial charge in [-0.1, -0.05) is 37.3 Å². The number of nitro benzene ring substituents is 1. The fourth-order valence-corrected chi connectivity index (χ4v) is 5.50. The number of nitrogens with one attached hydrogen (secondary N) is 3. The van der Waals surface area contributed by atoms with Crippen LogP contribution in [0.4, 0.5) is 17.1 Å². The lowest BCUT2D eigenvalue weighted by Gasteiger charge is -2.17. The number of rotatable bonds is 11. The second kappa shape index (κ2) is 14.2. The third kappa shape index (κ3) is 8.15. The number of thiophene rings is 1. The zero-order valence-corrected chi connectivity index (χ0v) is 24.5. The molecule has 4 aromatic rings. The largest absolute Gasteiger partial charge is 0.325 e. The predicted molar refractivity (Wildman–Crippen MR) is 168 cm³/mol. The van der Waals surface area contributed by atoms with Gasteiger partial charge in [0.1, 0.15) is 5.70 Å². The lowest BCUT2D eigenvalue weighted by Crippen LogP contribution is -2.30. The van der Waals surface area contributed by atoms with Crippen molar-refractivity contribution in [3.05, 3.63) is 122 Å². The van der Waals surface area contributed by atoms with Gasteiger partial charge in [0, 0.05) is 28.3 Å². The number of aryl methyl sites for hydroxylation is 1. The van der Waals surface area contributed by atoms with Crippen molar-refractivity contribution in [1.82, 2.24) is 5.32 Å². The van der Waals surface area contributed by atoms with E-state index in [0.29, 0.717) is 28.9 Å². The highest BCUT2D eigenvalue weighted by atomic mass is 32.2. The molecule has 0 fully saturated rings. The van der Waals surface area contributed by atoms with E-state index < -0.39 is 22.0 Å². The minimum absolute atomic E-state index is 0.0819. The monoisotopic (exact) mass is 600 g/mol. The van der Waals surface area contributed by atoms with Gasteiger partial charge in [0.25, 0.3) is 17.5 Å². The van der Waals surface area contributed by atoms with Crippen LogP contribution in [0.3, 0.4) is 0 Å². The van der Waals surface area contributed by atoms with Crippen LogP contribution in [0.2, 0.25) is 0 Å². The summed E-state index contributed by atoms with van der Waals surface area (Å²) in [4.78, 5) is 50.6. The topological polar surface area (TPSA) is 130 Å². The van der Waals surface area contributed by atoms with Gasteiger partial charge >= 0.3 is 0 Å². The van der Waals surface area contributed by atoms with E-state index in [2.05, 4.69) is 16.0 Å². The first-order valence-electron chi connectivity index (χ1n) is 13.0. The molecule has 1 atom stereocenters. The Labute approximate surface area is 251 Å². The quantitative estimate of drug-likeness (QED) is 0.0744. The Kier molecular flexibility index (Phi) is 10.2. The van der Waals surface area contributed by atoms with Crippen molar-refractivity contribution in [3.63, 3.8) is 0 Å². The van der Waals surface area contributed by atoms with Gasteiger partial charge < -0.3 is 16.0 Å². The maximum absolute atomic E-state index is 13.3. The molecule has 3 amide bonds. The molecule has 0 bridgehead atoms. The molecule has 0 radical (unpaired) electrons. The molecule has 214 valence electrons. The van der Waals surface area contributed by atoms with Gasteiger partial charge in [0.2, 0.25) is 5.91 Å². The Hall–Kier alpha value is -4.74. The smallest absolute Gasteiger partial charge is 0.272 e. The first kappa shape index (κ1) is 30.2. The van der Waals surface area contributed by atoms with Crippen LogP contribution in [0.1, 0.15) is 34.8 Å². The molecule has 9 nitrogen and oxygen atoms in total. The van der Waals surface area contributed by atoms with Crippen molar-refractivity contribution < 1.29 is 19.3 Å². The summed E-state index contributed by atoms with van der Waals surface area (Å²) >= 11 is 2.79. The maximum Gasteiger partial charge on any atom is 0.272 e. The number of non-ortho nitro benzene ring substituents is 1. The van der Waals surface area contributed by atoms with Crippen molar-refractivity contribution in [1.29, 1.82) is 0 Å². The number of amides is 3. The van der Waals surface area contributed by atoms with Crippen LogP contribution in [0, 0.1) is 17.0 Å². The predicted octanol–water partition coefficient (Wildman–Crippen LogP) is 6.88. The SMILES string of the molecule is CCC(Sc1cccc(NC(=O)/C(=C/c2ccsc2)NC(=O)c2ccccc2)c1)C(=O)Nc1cc([N+](=O)[O-])ccc1C. The van der Waals surface area contributed by atoms with Gasteiger partial charge in [-0.25, -0.2) is 0 Å². The number of carbonyl (C=O) groups excluding carboxylic acids is 3. The van der Waals surface area contributed by atoms with E-state index in [9.17, 15) is 24.5 Å². The highest BCUT2D eigenvalue weighted by molar-refractivity contribution is 8.00. The minimum atomic E-state index is -0.505. The molecule has 4 rings (SSSR count). The lowest BCUT2D eigenvalue weighted by molar-refractivity contribution is -0.384. The fraction of sp³-hybridized carbons (Fsp3) is 0.129. The summed E-state index contributed by atoms with van der Waals surface area (Å²) in [7, 11) is 0. The summed E-state index contributed by atoms with van der Waals surface area (Å²) in [6.45, 7) is 3.64. The van der Waals surface area contributed by atoms with Crippen LogP contribution in [0.5, 0.6) is 0 Å². The Balaban J connectivity index is 1.47. The van der Waals surface area contributed by atoms with Crippen molar-refractivity contribution in [3.8, 4) is 0 Å². The number of carbonyl (C=O) groups is 3. The maximum atomic E-state index is 13.3. The van der Waals surface area contributed by atoms with Crippen molar-refractivity contribution in [2.75, 3.05) is 10.6 Å². The van der Waals surface area contributed by atoms with Gasteiger partial charge in [-0.2, -0.15) is 11.3 Å². The molecule has 3 N–H and O–H groups in total.